The first-order chi connectivity index (χ1) is 8.77. The molecular formula is C14H16N2O2. The van der Waals surface area contributed by atoms with Crippen molar-refractivity contribution in [1.82, 2.24) is 9.55 Å². The van der Waals surface area contributed by atoms with Gasteiger partial charge in [-0.3, -0.25) is 4.79 Å². The van der Waals surface area contributed by atoms with Gasteiger partial charge >= 0.3 is 5.97 Å². The lowest BCUT2D eigenvalue weighted by atomic mass is 10.2. The number of nitrogens with zero attached hydrogens (tertiary/aromatic N) is 2. The number of imidazole rings is 1. The third-order valence-electron chi connectivity index (χ3n) is 2.79. The van der Waals surface area contributed by atoms with Gasteiger partial charge in [0.15, 0.2) is 0 Å². The van der Waals surface area contributed by atoms with Crippen molar-refractivity contribution in [3.63, 3.8) is 0 Å². The van der Waals surface area contributed by atoms with Gasteiger partial charge in [-0.1, -0.05) is 30.3 Å². The normalized spacial score (nSPS) is 10.4. The molecule has 0 bridgehead atoms. The molecule has 0 aliphatic carbocycles. The van der Waals surface area contributed by atoms with Gasteiger partial charge < -0.3 is 9.67 Å². The first-order valence-electron chi connectivity index (χ1n) is 6.06. The number of carbonyl (C=O) groups is 1. The lowest BCUT2D eigenvalue weighted by Gasteiger charge is -2.07. The second kappa shape index (κ2) is 6.00. The minimum Gasteiger partial charge on any atom is -0.481 e. The molecule has 0 saturated heterocycles. The molecule has 1 aromatic heterocycles. The summed E-state index contributed by atoms with van der Waals surface area (Å²) >= 11 is 0. The molecule has 0 aliphatic rings. The fourth-order valence-corrected chi connectivity index (χ4v) is 1.90. The molecular weight excluding hydrogens is 228 g/mol. The van der Waals surface area contributed by atoms with Gasteiger partial charge in [-0.2, -0.15) is 0 Å². The van der Waals surface area contributed by atoms with Crippen LogP contribution in [0.1, 0.15) is 19.3 Å². The fourth-order valence-electron chi connectivity index (χ4n) is 1.90. The molecule has 2 rings (SSSR count). The molecule has 1 aromatic carbocycles. The Bertz CT molecular complexity index is 506. The minimum atomic E-state index is -0.732. The van der Waals surface area contributed by atoms with E-state index in [2.05, 4.69) is 9.55 Å². The van der Waals surface area contributed by atoms with E-state index in [1.807, 2.05) is 36.5 Å². The van der Waals surface area contributed by atoms with Gasteiger partial charge in [0.05, 0.1) is 0 Å². The summed E-state index contributed by atoms with van der Waals surface area (Å²) in [5.41, 5.74) is 1.08. The number of rotatable bonds is 6. The maximum Gasteiger partial charge on any atom is 0.303 e. The summed E-state index contributed by atoms with van der Waals surface area (Å²) in [6.07, 6.45) is 5.49. The van der Waals surface area contributed by atoms with Crippen molar-refractivity contribution in [3.05, 3.63) is 42.7 Å². The van der Waals surface area contributed by atoms with Crippen molar-refractivity contribution in [1.29, 1.82) is 0 Å². The number of aliphatic carboxylic acids is 1. The number of carboxylic acid groups (broad SMARTS) is 1. The lowest BCUT2D eigenvalue weighted by molar-refractivity contribution is -0.137. The number of hydrogen-bond acceptors (Lipinski definition) is 2. The molecule has 1 N–H and O–H groups in total. The van der Waals surface area contributed by atoms with Crippen LogP contribution in [0.3, 0.4) is 0 Å². The number of aryl methyl sites for hydroxylation is 1. The van der Waals surface area contributed by atoms with Crippen LogP contribution in [-0.4, -0.2) is 20.6 Å². The van der Waals surface area contributed by atoms with Crippen LogP contribution in [0, 0.1) is 0 Å². The summed E-state index contributed by atoms with van der Waals surface area (Å²) in [5, 5.41) is 8.58. The highest BCUT2D eigenvalue weighted by molar-refractivity contribution is 5.66. The van der Waals surface area contributed by atoms with Crippen molar-refractivity contribution in [3.8, 4) is 11.4 Å². The zero-order valence-electron chi connectivity index (χ0n) is 10.1. The molecule has 0 saturated carbocycles. The summed E-state index contributed by atoms with van der Waals surface area (Å²) in [5.74, 6) is 0.204. The van der Waals surface area contributed by atoms with Gasteiger partial charge in [0.2, 0.25) is 0 Å². The first-order valence-corrected chi connectivity index (χ1v) is 6.06. The molecule has 0 aliphatic heterocycles. The number of carboxylic acids is 1. The Morgan fingerprint density at radius 1 is 1.22 bits per heavy atom. The Kier molecular flexibility index (Phi) is 4.12. The summed E-state index contributed by atoms with van der Waals surface area (Å²) in [7, 11) is 0. The molecule has 2 aromatic rings. The average Bonchev–Trinajstić information content (AvgIpc) is 2.84. The number of unbranched alkanes of at least 4 members (excludes halogenated alkanes) is 1. The molecule has 4 heteroatoms. The minimum absolute atomic E-state index is 0.232. The van der Waals surface area contributed by atoms with E-state index >= 15 is 0 Å². The van der Waals surface area contributed by atoms with Crippen LogP contribution in [0.5, 0.6) is 0 Å². The van der Waals surface area contributed by atoms with E-state index in [9.17, 15) is 4.79 Å². The fraction of sp³-hybridized carbons (Fsp3) is 0.286. The number of benzene rings is 1. The topological polar surface area (TPSA) is 55.1 Å². The van der Waals surface area contributed by atoms with E-state index in [-0.39, 0.29) is 6.42 Å². The van der Waals surface area contributed by atoms with E-state index in [1.54, 1.807) is 6.20 Å². The van der Waals surface area contributed by atoms with Crippen LogP contribution < -0.4 is 0 Å². The Balaban J connectivity index is 1.98. The molecule has 1 heterocycles. The van der Waals surface area contributed by atoms with Crippen LogP contribution in [0.25, 0.3) is 11.4 Å². The van der Waals surface area contributed by atoms with Crippen LogP contribution in [0.4, 0.5) is 0 Å². The highest BCUT2D eigenvalue weighted by Gasteiger charge is 2.05. The van der Waals surface area contributed by atoms with Crippen molar-refractivity contribution < 1.29 is 9.90 Å². The van der Waals surface area contributed by atoms with E-state index in [0.717, 1.165) is 24.4 Å². The molecule has 94 valence electrons. The van der Waals surface area contributed by atoms with Crippen LogP contribution in [0.2, 0.25) is 0 Å². The standard InChI is InChI=1S/C14H16N2O2/c17-13(18)8-4-5-10-16-11-9-15-14(16)12-6-2-1-3-7-12/h1-3,6-7,9,11H,4-5,8,10H2,(H,17,18). The largest absolute Gasteiger partial charge is 0.481 e. The van der Waals surface area contributed by atoms with Gasteiger partial charge in [-0.15, -0.1) is 0 Å². The van der Waals surface area contributed by atoms with Gasteiger partial charge in [0.1, 0.15) is 5.82 Å². The highest BCUT2D eigenvalue weighted by Crippen LogP contribution is 2.17. The molecule has 4 nitrogen and oxygen atoms in total. The molecule has 0 atom stereocenters. The highest BCUT2D eigenvalue weighted by atomic mass is 16.4. The third-order valence-corrected chi connectivity index (χ3v) is 2.79. The van der Waals surface area contributed by atoms with Crippen molar-refractivity contribution in [2.75, 3.05) is 0 Å². The van der Waals surface area contributed by atoms with Crippen molar-refractivity contribution in [2.24, 2.45) is 0 Å². The van der Waals surface area contributed by atoms with E-state index < -0.39 is 5.97 Å². The zero-order valence-corrected chi connectivity index (χ0v) is 10.1. The molecule has 0 unspecified atom stereocenters. The van der Waals surface area contributed by atoms with Gasteiger partial charge in [-0.25, -0.2) is 4.98 Å². The zero-order chi connectivity index (χ0) is 12.8. The maximum atomic E-state index is 10.4. The molecule has 0 radical (unpaired) electrons. The Morgan fingerprint density at radius 3 is 2.72 bits per heavy atom. The molecule has 0 spiro atoms. The van der Waals surface area contributed by atoms with Crippen molar-refractivity contribution in [2.45, 2.75) is 25.8 Å². The Hall–Kier alpha value is -2.10. The smallest absolute Gasteiger partial charge is 0.303 e. The summed E-state index contributed by atoms with van der Waals surface area (Å²) < 4.78 is 2.07. The van der Waals surface area contributed by atoms with Crippen LogP contribution >= 0.6 is 0 Å². The molecule has 0 amide bonds. The molecule has 18 heavy (non-hydrogen) atoms. The average molecular weight is 244 g/mol. The summed E-state index contributed by atoms with van der Waals surface area (Å²) in [4.78, 5) is 14.8. The Labute approximate surface area is 106 Å². The van der Waals surface area contributed by atoms with E-state index in [4.69, 9.17) is 5.11 Å². The van der Waals surface area contributed by atoms with Crippen LogP contribution in [-0.2, 0) is 11.3 Å². The molecule has 0 fully saturated rings. The summed E-state index contributed by atoms with van der Waals surface area (Å²) in [6, 6.07) is 9.99. The Morgan fingerprint density at radius 2 is 2.00 bits per heavy atom. The van der Waals surface area contributed by atoms with Gasteiger partial charge in [0, 0.05) is 30.9 Å². The number of hydrogen-bond donors (Lipinski definition) is 1. The predicted octanol–water partition coefficient (Wildman–Crippen LogP) is 2.81. The summed E-state index contributed by atoms with van der Waals surface area (Å²) in [6.45, 7) is 0.803. The SMILES string of the molecule is O=C(O)CCCCn1ccnc1-c1ccccc1. The lowest BCUT2D eigenvalue weighted by Crippen LogP contribution is -2.01. The predicted molar refractivity (Wildman–Crippen MR) is 69.1 cm³/mol. The third kappa shape index (κ3) is 3.20. The van der Waals surface area contributed by atoms with Gasteiger partial charge in [0.25, 0.3) is 0 Å². The second-order valence-electron chi connectivity index (χ2n) is 4.16. The maximum absolute atomic E-state index is 10.4. The van der Waals surface area contributed by atoms with E-state index in [0.29, 0.717) is 6.42 Å². The van der Waals surface area contributed by atoms with Crippen LogP contribution in [0.15, 0.2) is 42.7 Å². The van der Waals surface area contributed by atoms with Gasteiger partial charge in [-0.05, 0) is 12.8 Å². The second-order valence-corrected chi connectivity index (χ2v) is 4.16. The van der Waals surface area contributed by atoms with E-state index in [1.165, 1.54) is 0 Å². The quantitative estimate of drug-likeness (QED) is 0.795. The number of aromatic nitrogens is 2. The van der Waals surface area contributed by atoms with Crippen molar-refractivity contribution >= 4 is 5.97 Å². The monoisotopic (exact) mass is 244 g/mol. The first kappa shape index (κ1) is 12.4.